The van der Waals surface area contributed by atoms with Gasteiger partial charge in [0.1, 0.15) is 16.7 Å². The predicted molar refractivity (Wildman–Crippen MR) is 133 cm³/mol. The minimum absolute atomic E-state index is 0.0653. The molecule has 5 nitrogen and oxygen atoms in total. The van der Waals surface area contributed by atoms with Crippen molar-refractivity contribution in [3.63, 3.8) is 0 Å². The van der Waals surface area contributed by atoms with Crippen LogP contribution >= 0.6 is 0 Å². The topological polar surface area (TPSA) is 74.0 Å². The molecule has 1 aromatic heterocycles. The highest BCUT2D eigenvalue weighted by atomic mass is 32.2. The van der Waals surface area contributed by atoms with Crippen LogP contribution in [0, 0.1) is 12.3 Å². The number of benzene rings is 3. The number of aromatic nitrogens is 3. The van der Waals surface area contributed by atoms with E-state index < -0.39 is 11.2 Å². The number of fused-ring (bicyclic) bond motifs is 1. The second-order valence-corrected chi connectivity index (χ2v) is 12.0. The Morgan fingerprint density at radius 1 is 0.909 bits per heavy atom. The van der Waals surface area contributed by atoms with Gasteiger partial charge in [-0.1, -0.05) is 64.4 Å². The molecular formula is C27H31N3O2S. The van der Waals surface area contributed by atoms with Crippen LogP contribution in [0.5, 0.6) is 5.75 Å². The number of phenolic OH excluding ortho intramolecular Hbond substituents is 1. The van der Waals surface area contributed by atoms with Gasteiger partial charge in [0.2, 0.25) is 4.90 Å². The summed E-state index contributed by atoms with van der Waals surface area (Å²) in [5, 5.41) is 20.4. The standard InChI is InChI=1S/C27H31N3O2S/c1-18-11-13-20(14-12-18)33(32)24-16-19(27(5,6)17-26(2,3)4)15-23(25(24)31)30-28-21-9-7-8-10-22(21)29-30/h7-16,31H,17H2,1-6H3. The Bertz CT molecular complexity index is 1250. The lowest BCUT2D eigenvalue weighted by molar-refractivity contribution is 0.283. The van der Waals surface area contributed by atoms with Crippen molar-refractivity contribution in [3.8, 4) is 11.4 Å². The van der Waals surface area contributed by atoms with Crippen LogP contribution in [0.3, 0.4) is 0 Å². The summed E-state index contributed by atoms with van der Waals surface area (Å²) < 4.78 is 13.6. The lowest BCUT2D eigenvalue weighted by Crippen LogP contribution is -2.25. The van der Waals surface area contributed by atoms with Crippen LogP contribution in [0.2, 0.25) is 0 Å². The number of aryl methyl sites for hydroxylation is 1. The first-order valence-corrected chi connectivity index (χ1v) is 12.3. The SMILES string of the molecule is Cc1ccc([S+]([O-])c2cc(C(C)(C)CC(C)(C)C)cc(-n3nc4ccccc4n3)c2O)cc1. The minimum Gasteiger partial charge on any atom is -0.606 e. The summed E-state index contributed by atoms with van der Waals surface area (Å²) in [6, 6.07) is 18.9. The van der Waals surface area contributed by atoms with E-state index in [-0.39, 0.29) is 16.6 Å². The molecule has 0 aliphatic rings. The molecule has 4 aromatic rings. The number of phenols is 1. The van der Waals surface area contributed by atoms with Crippen molar-refractivity contribution in [1.82, 2.24) is 15.0 Å². The van der Waals surface area contributed by atoms with Gasteiger partial charge in [-0.05, 0) is 60.1 Å². The van der Waals surface area contributed by atoms with Crippen LogP contribution in [0.1, 0.15) is 52.2 Å². The van der Waals surface area contributed by atoms with E-state index in [9.17, 15) is 9.66 Å². The predicted octanol–water partition coefficient (Wildman–Crippen LogP) is 6.32. The van der Waals surface area contributed by atoms with E-state index in [0.29, 0.717) is 15.5 Å². The van der Waals surface area contributed by atoms with Gasteiger partial charge >= 0.3 is 0 Å². The molecule has 0 aliphatic heterocycles. The maximum absolute atomic E-state index is 13.6. The van der Waals surface area contributed by atoms with Crippen LogP contribution in [0.4, 0.5) is 0 Å². The molecule has 0 saturated carbocycles. The van der Waals surface area contributed by atoms with Gasteiger partial charge < -0.3 is 9.66 Å². The maximum Gasteiger partial charge on any atom is 0.202 e. The van der Waals surface area contributed by atoms with Crippen molar-refractivity contribution >= 4 is 22.2 Å². The van der Waals surface area contributed by atoms with Gasteiger partial charge in [-0.25, -0.2) is 0 Å². The highest BCUT2D eigenvalue weighted by Crippen LogP contribution is 2.42. The first kappa shape index (κ1) is 23.3. The number of hydrogen-bond acceptors (Lipinski definition) is 4. The molecule has 0 radical (unpaired) electrons. The third kappa shape index (κ3) is 4.92. The summed E-state index contributed by atoms with van der Waals surface area (Å²) in [7, 11) is 0. The Kier molecular flexibility index (Phi) is 6.01. The van der Waals surface area contributed by atoms with Gasteiger partial charge in [0.25, 0.3) is 0 Å². The molecule has 6 heteroatoms. The summed E-state index contributed by atoms with van der Waals surface area (Å²) in [5.41, 5.74) is 3.85. The van der Waals surface area contributed by atoms with Crippen LogP contribution in [0.25, 0.3) is 16.7 Å². The zero-order chi connectivity index (χ0) is 24.0. The van der Waals surface area contributed by atoms with E-state index in [2.05, 4.69) is 44.8 Å². The molecule has 0 spiro atoms. The molecule has 3 aromatic carbocycles. The fraction of sp³-hybridized carbons (Fsp3) is 0.333. The smallest absolute Gasteiger partial charge is 0.202 e. The second kappa shape index (κ2) is 8.50. The number of aromatic hydroxyl groups is 1. The Balaban J connectivity index is 1.91. The average Bonchev–Trinajstić information content (AvgIpc) is 3.16. The summed E-state index contributed by atoms with van der Waals surface area (Å²) >= 11 is -1.56. The molecule has 172 valence electrons. The maximum atomic E-state index is 13.6. The first-order valence-electron chi connectivity index (χ1n) is 11.1. The van der Waals surface area contributed by atoms with Gasteiger partial charge in [0, 0.05) is 17.2 Å². The molecule has 0 bridgehead atoms. The molecular weight excluding hydrogens is 430 g/mol. The van der Waals surface area contributed by atoms with E-state index in [1.807, 2.05) is 67.6 Å². The molecule has 0 aliphatic carbocycles. The van der Waals surface area contributed by atoms with Crippen molar-refractivity contribution in [2.75, 3.05) is 0 Å². The second-order valence-electron chi connectivity index (χ2n) is 10.5. The largest absolute Gasteiger partial charge is 0.606 e. The molecule has 1 unspecified atom stereocenters. The lowest BCUT2D eigenvalue weighted by Gasteiger charge is -2.33. The van der Waals surface area contributed by atoms with Gasteiger partial charge in [-0.2, -0.15) is 0 Å². The monoisotopic (exact) mass is 461 g/mol. The molecule has 0 fully saturated rings. The van der Waals surface area contributed by atoms with Crippen molar-refractivity contribution < 1.29 is 9.66 Å². The molecule has 1 heterocycles. The zero-order valence-corrected chi connectivity index (χ0v) is 20.9. The van der Waals surface area contributed by atoms with Crippen LogP contribution in [-0.4, -0.2) is 24.7 Å². The van der Waals surface area contributed by atoms with E-state index in [1.54, 1.807) is 0 Å². The molecule has 0 amide bonds. The van der Waals surface area contributed by atoms with Crippen molar-refractivity contribution in [2.24, 2.45) is 5.41 Å². The zero-order valence-electron chi connectivity index (χ0n) is 20.1. The molecule has 33 heavy (non-hydrogen) atoms. The molecule has 1 atom stereocenters. The summed E-state index contributed by atoms with van der Waals surface area (Å²) in [4.78, 5) is 2.47. The van der Waals surface area contributed by atoms with Crippen LogP contribution in [0.15, 0.2) is 70.5 Å². The fourth-order valence-electron chi connectivity index (χ4n) is 4.46. The number of nitrogens with zero attached hydrogens (tertiary/aromatic N) is 3. The van der Waals surface area contributed by atoms with E-state index in [4.69, 9.17) is 0 Å². The quantitative estimate of drug-likeness (QED) is 0.353. The van der Waals surface area contributed by atoms with E-state index >= 15 is 0 Å². The van der Waals surface area contributed by atoms with Crippen molar-refractivity contribution in [3.05, 3.63) is 71.8 Å². The van der Waals surface area contributed by atoms with E-state index in [0.717, 1.165) is 28.6 Å². The number of rotatable bonds is 5. The Labute approximate surface area is 198 Å². The Morgan fingerprint density at radius 2 is 1.48 bits per heavy atom. The minimum atomic E-state index is -1.56. The summed E-state index contributed by atoms with van der Waals surface area (Å²) in [5.74, 6) is -0.0653. The van der Waals surface area contributed by atoms with Gasteiger partial charge in [-0.3, -0.25) is 0 Å². The van der Waals surface area contributed by atoms with E-state index in [1.165, 1.54) is 4.80 Å². The van der Waals surface area contributed by atoms with Crippen molar-refractivity contribution in [2.45, 2.75) is 63.2 Å². The number of hydrogen-bond donors (Lipinski definition) is 1. The fourth-order valence-corrected chi connectivity index (χ4v) is 5.61. The third-order valence-electron chi connectivity index (χ3n) is 5.75. The Hall–Kier alpha value is -2.83. The highest BCUT2D eigenvalue weighted by Gasteiger charge is 2.32. The van der Waals surface area contributed by atoms with Crippen LogP contribution < -0.4 is 0 Å². The normalized spacial score (nSPS) is 13.4. The third-order valence-corrected chi connectivity index (χ3v) is 7.16. The average molecular weight is 462 g/mol. The Morgan fingerprint density at radius 3 is 2.03 bits per heavy atom. The van der Waals surface area contributed by atoms with Crippen LogP contribution in [-0.2, 0) is 16.6 Å². The van der Waals surface area contributed by atoms with Gasteiger partial charge in [-0.15, -0.1) is 15.0 Å². The lowest BCUT2D eigenvalue weighted by atomic mass is 9.72. The summed E-state index contributed by atoms with van der Waals surface area (Å²) in [6.07, 6.45) is 0.912. The molecule has 1 N–H and O–H groups in total. The van der Waals surface area contributed by atoms with Gasteiger partial charge in [0.15, 0.2) is 10.6 Å². The molecule has 0 saturated heterocycles. The van der Waals surface area contributed by atoms with Crippen molar-refractivity contribution in [1.29, 1.82) is 0 Å². The molecule has 4 rings (SSSR count). The summed E-state index contributed by atoms with van der Waals surface area (Å²) in [6.45, 7) is 13.0. The highest BCUT2D eigenvalue weighted by molar-refractivity contribution is 7.91. The first-order chi connectivity index (χ1) is 15.4. The van der Waals surface area contributed by atoms with Gasteiger partial charge in [0.05, 0.1) is 0 Å².